The summed E-state index contributed by atoms with van der Waals surface area (Å²) in [6, 6.07) is 17.6. The van der Waals surface area contributed by atoms with Crippen molar-refractivity contribution >= 4 is 23.5 Å². The molecule has 0 saturated heterocycles. The fourth-order valence-corrected chi connectivity index (χ4v) is 5.08. The quantitative estimate of drug-likeness (QED) is 0.195. The van der Waals surface area contributed by atoms with Crippen LogP contribution in [0, 0.1) is 22.7 Å². The Balaban J connectivity index is 1.58. The summed E-state index contributed by atoms with van der Waals surface area (Å²) in [4.78, 5) is 39.2. The SMILES string of the molecule is COc1ccc(-c2nc(SCSc3nc(-c4ccc(OC)cc4)c(C#N)c(=O)[nH]3)[nH]c(=O)c2C#N)cc1. The van der Waals surface area contributed by atoms with Gasteiger partial charge in [0, 0.05) is 11.1 Å². The summed E-state index contributed by atoms with van der Waals surface area (Å²) in [5.74, 6) is 1.27. The van der Waals surface area contributed by atoms with E-state index in [1.807, 2.05) is 12.1 Å². The molecule has 0 aliphatic heterocycles. The molecule has 12 heteroatoms. The highest BCUT2D eigenvalue weighted by atomic mass is 32.2. The van der Waals surface area contributed by atoms with Gasteiger partial charge in [0.2, 0.25) is 0 Å². The smallest absolute Gasteiger partial charge is 0.270 e. The van der Waals surface area contributed by atoms with Gasteiger partial charge in [-0.1, -0.05) is 23.5 Å². The maximum absolute atomic E-state index is 12.5. The fraction of sp³-hybridized carbons (Fsp3) is 0.120. The number of ether oxygens (including phenoxy) is 2. The number of nitrogens with zero attached hydrogens (tertiary/aromatic N) is 4. The van der Waals surface area contributed by atoms with Crippen molar-refractivity contribution in [3.8, 4) is 46.2 Å². The number of aromatic amines is 2. The Morgan fingerprint density at radius 1 is 0.730 bits per heavy atom. The molecular weight excluding hydrogens is 512 g/mol. The highest BCUT2D eigenvalue weighted by Gasteiger charge is 2.16. The van der Waals surface area contributed by atoms with E-state index in [0.717, 1.165) is 0 Å². The van der Waals surface area contributed by atoms with Crippen molar-refractivity contribution in [1.82, 2.24) is 19.9 Å². The van der Waals surface area contributed by atoms with Gasteiger partial charge in [0.15, 0.2) is 10.3 Å². The van der Waals surface area contributed by atoms with Gasteiger partial charge in [-0.2, -0.15) is 10.5 Å². The molecule has 4 aromatic rings. The summed E-state index contributed by atoms with van der Waals surface area (Å²) in [5.41, 5.74) is 0.417. The van der Waals surface area contributed by atoms with Crippen molar-refractivity contribution in [3.05, 3.63) is 80.4 Å². The molecule has 0 atom stereocenters. The van der Waals surface area contributed by atoms with E-state index < -0.39 is 11.1 Å². The highest BCUT2D eigenvalue weighted by Crippen LogP contribution is 2.28. The minimum Gasteiger partial charge on any atom is -0.497 e. The van der Waals surface area contributed by atoms with E-state index in [0.29, 0.717) is 38.0 Å². The lowest BCUT2D eigenvalue weighted by Crippen LogP contribution is -2.15. The lowest BCUT2D eigenvalue weighted by Gasteiger charge is -2.08. The van der Waals surface area contributed by atoms with Crippen LogP contribution >= 0.6 is 23.5 Å². The van der Waals surface area contributed by atoms with Gasteiger partial charge in [-0.15, -0.1) is 0 Å². The number of benzene rings is 2. The summed E-state index contributed by atoms with van der Waals surface area (Å²) in [6.45, 7) is 0. The predicted molar refractivity (Wildman–Crippen MR) is 140 cm³/mol. The summed E-state index contributed by atoms with van der Waals surface area (Å²) in [6.07, 6.45) is 0. The molecule has 0 bridgehead atoms. The number of nitrogens with one attached hydrogen (secondary N) is 2. The second-order valence-electron chi connectivity index (χ2n) is 7.28. The molecule has 2 aromatic carbocycles. The molecule has 0 saturated carbocycles. The van der Waals surface area contributed by atoms with Crippen LogP contribution in [0.25, 0.3) is 22.5 Å². The van der Waals surface area contributed by atoms with Crippen LogP contribution in [0.2, 0.25) is 0 Å². The first-order valence-corrected chi connectivity index (χ1v) is 12.6. The standard InChI is InChI=1S/C25H18N6O4S2/c1-34-16-7-3-14(4-8-16)20-18(11-26)22(32)30-24(28-20)36-13-37-25-29-21(19(12-27)23(33)31-25)15-5-9-17(35-2)10-6-15/h3-10H,13H2,1-2H3,(H,28,30,32)(H,29,31,33). The van der Waals surface area contributed by atoms with E-state index in [9.17, 15) is 20.1 Å². The van der Waals surface area contributed by atoms with Crippen molar-refractivity contribution in [2.24, 2.45) is 0 Å². The molecule has 0 spiro atoms. The Kier molecular flexibility index (Phi) is 7.93. The second-order valence-corrected chi connectivity index (χ2v) is 9.57. The van der Waals surface area contributed by atoms with Gasteiger partial charge in [0.05, 0.1) is 30.7 Å². The number of nitriles is 2. The summed E-state index contributed by atoms with van der Waals surface area (Å²) in [5, 5.41) is 19.9. The molecule has 0 radical (unpaired) electrons. The van der Waals surface area contributed by atoms with Gasteiger partial charge in [0.25, 0.3) is 11.1 Å². The molecule has 4 rings (SSSR count). The van der Waals surface area contributed by atoms with Crippen molar-refractivity contribution in [2.45, 2.75) is 10.3 Å². The monoisotopic (exact) mass is 530 g/mol. The Labute approximate surface area is 219 Å². The van der Waals surface area contributed by atoms with Gasteiger partial charge >= 0.3 is 0 Å². The van der Waals surface area contributed by atoms with Crippen molar-refractivity contribution in [2.75, 3.05) is 19.3 Å². The lowest BCUT2D eigenvalue weighted by molar-refractivity contribution is 0.415. The first-order chi connectivity index (χ1) is 18.0. The Bertz CT molecular complexity index is 1510. The second kappa shape index (κ2) is 11.5. The molecule has 2 heterocycles. The number of rotatable bonds is 8. The number of aromatic nitrogens is 4. The first kappa shape index (κ1) is 25.6. The molecule has 0 aliphatic carbocycles. The van der Waals surface area contributed by atoms with E-state index in [1.165, 1.54) is 23.5 Å². The van der Waals surface area contributed by atoms with Crippen LogP contribution in [-0.4, -0.2) is 39.2 Å². The molecule has 0 unspecified atom stereocenters. The normalized spacial score (nSPS) is 10.4. The molecule has 37 heavy (non-hydrogen) atoms. The van der Waals surface area contributed by atoms with Gasteiger partial charge in [0.1, 0.15) is 34.8 Å². The van der Waals surface area contributed by atoms with Gasteiger partial charge in [-0.05, 0) is 48.5 Å². The van der Waals surface area contributed by atoms with Crippen LogP contribution in [0.5, 0.6) is 11.5 Å². The number of H-pyrrole nitrogens is 2. The van der Waals surface area contributed by atoms with E-state index in [2.05, 4.69) is 19.9 Å². The van der Waals surface area contributed by atoms with E-state index >= 15 is 0 Å². The predicted octanol–water partition coefficient (Wildman–Crippen LogP) is 3.79. The topological polar surface area (TPSA) is 158 Å². The van der Waals surface area contributed by atoms with Crippen LogP contribution in [-0.2, 0) is 0 Å². The average molecular weight is 531 g/mol. The third kappa shape index (κ3) is 5.67. The molecule has 0 amide bonds. The highest BCUT2D eigenvalue weighted by molar-refractivity contribution is 8.15. The molecular formula is C25H18N6O4S2. The van der Waals surface area contributed by atoms with Gasteiger partial charge < -0.3 is 19.4 Å². The lowest BCUT2D eigenvalue weighted by atomic mass is 10.1. The summed E-state index contributed by atoms with van der Waals surface area (Å²) >= 11 is 2.41. The third-order valence-electron chi connectivity index (χ3n) is 5.14. The zero-order valence-corrected chi connectivity index (χ0v) is 21.2. The Morgan fingerprint density at radius 2 is 1.11 bits per heavy atom. The van der Waals surface area contributed by atoms with Crippen LogP contribution in [0.15, 0.2) is 68.4 Å². The minimum absolute atomic E-state index is 0.0932. The molecule has 2 N–H and O–H groups in total. The first-order valence-electron chi connectivity index (χ1n) is 10.6. The minimum atomic E-state index is -0.553. The number of hydrogen-bond acceptors (Lipinski definition) is 10. The van der Waals surface area contributed by atoms with Gasteiger partial charge in [-0.3, -0.25) is 9.59 Å². The Hall–Kier alpha value is -4.52. The van der Waals surface area contributed by atoms with Crippen molar-refractivity contribution in [3.63, 3.8) is 0 Å². The zero-order chi connectivity index (χ0) is 26.4. The van der Waals surface area contributed by atoms with Gasteiger partial charge in [-0.25, -0.2) is 9.97 Å². The zero-order valence-electron chi connectivity index (χ0n) is 19.6. The van der Waals surface area contributed by atoms with Crippen LogP contribution in [0.3, 0.4) is 0 Å². The van der Waals surface area contributed by atoms with Crippen LogP contribution in [0.1, 0.15) is 11.1 Å². The largest absolute Gasteiger partial charge is 0.497 e. The molecule has 184 valence electrons. The number of hydrogen-bond donors (Lipinski definition) is 2. The fourth-order valence-electron chi connectivity index (χ4n) is 3.31. The summed E-state index contributed by atoms with van der Waals surface area (Å²) < 4.78 is 10.3. The van der Waals surface area contributed by atoms with Crippen molar-refractivity contribution < 1.29 is 9.47 Å². The van der Waals surface area contributed by atoms with Crippen LogP contribution in [0.4, 0.5) is 0 Å². The van der Waals surface area contributed by atoms with E-state index in [-0.39, 0.29) is 22.5 Å². The molecule has 2 aromatic heterocycles. The van der Waals surface area contributed by atoms with E-state index in [4.69, 9.17) is 9.47 Å². The maximum Gasteiger partial charge on any atom is 0.270 e. The maximum atomic E-state index is 12.5. The van der Waals surface area contributed by atoms with Crippen molar-refractivity contribution in [1.29, 1.82) is 10.5 Å². The average Bonchev–Trinajstić information content (AvgIpc) is 2.92. The van der Waals surface area contributed by atoms with E-state index in [1.54, 1.807) is 62.8 Å². The third-order valence-corrected chi connectivity index (χ3v) is 7.01. The Morgan fingerprint density at radius 3 is 1.43 bits per heavy atom. The number of thioether (sulfide) groups is 2. The molecule has 0 fully saturated rings. The summed E-state index contributed by atoms with van der Waals surface area (Å²) in [7, 11) is 3.09. The van der Waals surface area contributed by atoms with Crippen LogP contribution < -0.4 is 20.6 Å². The number of methoxy groups -OCH3 is 2. The molecule has 0 aliphatic rings. The molecule has 10 nitrogen and oxygen atoms in total.